The number of rotatable bonds is 3. The van der Waals surface area contributed by atoms with Crippen molar-refractivity contribution < 1.29 is 0 Å². The van der Waals surface area contributed by atoms with Gasteiger partial charge in [-0.2, -0.15) is 0 Å². The number of nitrogens with zero attached hydrogens (tertiary/aromatic N) is 1. The molecule has 1 aliphatic rings. The number of hydrogen-bond donors (Lipinski definition) is 0. The first-order chi connectivity index (χ1) is 7.78. The van der Waals surface area contributed by atoms with E-state index in [-0.39, 0.29) is 0 Å². The van der Waals surface area contributed by atoms with Crippen LogP contribution in [-0.2, 0) is 13.0 Å². The van der Waals surface area contributed by atoms with Crippen molar-refractivity contribution in [3.63, 3.8) is 0 Å². The monoisotopic (exact) mass is 237 g/mol. The minimum atomic E-state index is 0.402. The smallest absolute Gasteiger partial charge is 0.0360 e. The molecule has 0 amide bonds. The highest BCUT2D eigenvalue weighted by Crippen LogP contribution is 2.17. The van der Waals surface area contributed by atoms with Crippen LogP contribution in [0.3, 0.4) is 0 Å². The lowest BCUT2D eigenvalue weighted by molar-refractivity contribution is 0.223. The van der Waals surface area contributed by atoms with Crippen LogP contribution < -0.4 is 0 Å². The van der Waals surface area contributed by atoms with Gasteiger partial charge in [0, 0.05) is 11.9 Å². The highest BCUT2D eigenvalue weighted by Gasteiger charge is 2.16. The fourth-order valence-electron chi connectivity index (χ4n) is 2.20. The number of likely N-dealkylation sites (tertiary alicyclic amines) is 1. The largest absolute Gasteiger partial charge is 0.299 e. The molecule has 0 N–H and O–H groups in total. The summed E-state index contributed by atoms with van der Waals surface area (Å²) in [6.45, 7) is 5.56. The molecule has 0 radical (unpaired) electrons. The Balaban J connectivity index is 1.88. The zero-order valence-electron chi connectivity index (χ0n) is 9.95. The van der Waals surface area contributed by atoms with Crippen LogP contribution in [0.4, 0.5) is 0 Å². The van der Waals surface area contributed by atoms with Crippen LogP contribution in [0.1, 0.15) is 30.9 Å². The number of hydrogen-bond acceptors (Lipinski definition) is 1. The molecule has 1 saturated heterocycles. The molecule has 1 nitrogen and oxygen atoms in total. The van der Waals surface area contributed by atoms with Gasteiger partial charge in [0.05, 0.1) is 0 Å². The summed E-state index contributed by atoms with van der Waals surface area (Å²) < 4.78 is 0. The summed E-state index contributed by atoms with van der Waals surface area (Å²) in [7, 11) is 0. The summed E-state index contributed by atoms with van der Waals surface area (Å²) in [4.78, 5) is 2.50. The Hall–Kier alpha value is -0.530. The van der Waals surface area contributed by atoms with Crippen molar-refractivity contribution in [2.24, 2.45) is 0 Å². The molecule has 1 heterocycles. The highest BCUT2D eigenvalue weighted by atomic mass is 35.5. The predicted molar refractivity (Wildman–Crippen MR) is 70.0 cm³/mol. The van der Waals surface area contributed by atoms with E-state index in [0.717, 1.165) is 38.9 Å². The minimum Gasteiger partial charge on any atom is -0.299 e. The second-order valence-electron chi connectivity index (χ2n) is 4.62. The lowest BCUT2D eigenvalue weighted by atomic mass is 10.1. The van der Waals surface area contributed by atoms with Gasteiger partial charge in [-0.25, -0.2) is 0 Å². The van der Waals surface area contributed by atoms with Gasteiger partial charge >= 0.3 is 0 Å². The Morgan fingerprint density at radius 2 is 1.69 bits per heavy atom. The molecule has 16 heavy (non-hydrogen) atoms. The molecule has 0 bridgehead atoms. The zero-order chi connectivity index (χ0) is 11.4. The van der Waals surface area contributed by atoms with E-state index < -0.39 is 0 Å². The molecule has 0 saturated carbocycles. The summed E-state index contributed by atoms with van der Waals surface area (Å²) in [5, 5.41) is 0.402. The fraction of sp³-hybridized carbons (Fsp3) is 0.571. The lowest BCUT2D eigenvalue weighted by Gasteiger charge is -2.29. The summed E-state index contributed by atoms with van der Waals surface area (Å²) in [6.07, 6.45) is 3.39. The first kappa shape index (κ1) is 11.9. The van der Waals surface area contributed by atoms with Crippen LogP contribution >= 0.6 is 11.6 Å². The first-order valence-electron chi connectivity index (χ1n) is 6.22. The molecular formula is C14H20ClN. The van der Waals surface area contributed by atoms with E-state index in [9.17, 15) is 0 Å². The van der Waals surface area contributed by atoms with E-state index in [1.807, 2.05) is 0 Å². The summed E-state index contributed by atoms with van der Waals surface area (Å²) >= 11 is 6.10. The van der Waals surface area contributed by atoms with Crippen molar-refractivity contribution in [1.29, 1.82) is 0 Å². The molecule has 88 valence electrons. The van der Waals surface area contributed by atoms with Gasteiger partial charge in [0.15, 0.2) is 0 Å². The maximum Gasteiger partial charge on any atom is 0.0360 e. The molecule has 1 fully saturated rings. The van der Waals surface area contributed by atoms with Crippen LogP contribution in [0.2, 0.25) is 0 Å². The van der Waals surface area contributed by atoms with E-state index >= 15 is 0 Å². The third-order valence-corrected chi connectivity index (χ3v) is 3.79. The maximum absolute atomic E-state index is 6.10. The van der Waals surface area contributed by atoms with Crippen molar-refractivity contribution in [1.82, 2.24) is 4.90 Å². The molecule has 0 unspecified atom stereocenters. The standard InChI is InChI=1S/C14H20ClN/c1-2-12-3-5-13(6-4-12)11-16-9-7-14(15)8-10-16/h3-6,14H,2,7-11H2,1H3. The molecule has 0 spiro atoms. The maximum atomic E-state index is 6.10. The second kappa shape index (κ2) is 5.70. The molecule has 1 aromatic rings. The number of halogens is 1. The van der Waals surface area contributed by atoms with Crippen molar-refractivity contribution >= 4 is 11.6 Å². The first-order valence-corrected chi connectivity index (χ1v) is 6.66. The average molecular weight is 238 g/mol. The lowest BCUT2D eigenvalue weighted by Crippen LogP contribution is -2.33. The van der Waals surface area contributed by atoms with Crippen molar-refractivity contribution in [2.75, 3.05) is 13.1 Å². The van der Waals surface area contributed by atoms with Gasteiger partial charge in [-0.15, -0.1) is 11.6 Å². The molecule has 2 heteroatoms. The fourth-order valence-corrected chi connectivity index (χ4v) is 2.39. The van der Waals surface area contributed by atoms with Crippen LogP contribution in [0.15, 0.2) is 24.3 Å². The molecule has 0 atom stereocenters. The van der Waals surface area contributed by atoms with E-state index in [1.165, 1.54) is 11.1 Å². The van der Waals surface area contributed by atoms with Crippen molar-refractivity contribution in [3.8, 4) is 0 Å². The van der Waals surface area contributed by atoms with Gasteiger partial charge in [-0.3, -0.25) is 4.90 Å². The minimum absolute atomic E-state index is 0.402. The van der Waals surface area contributed by atoms with Gasteiger partial charge in [-0.1, -0.05) is 31.2 Å². The zero-order valence-corrected chi connectivity index (χ0v) is 10.7. The van der Waals surface area contributed by atoms with E-state index in [4.69, 9.17) is 11.6 Å². The van der Waals surface area contributed by atoms with Crippen LogP contribution in [0.5, 0.6) is 0 Å². The van der Waals surface area contributed by atoms with E-state index in [1.54, 1.807) is 0 Å². The Labute approximate surface area is 103 Å². The Morgan fingerprint density at radius 1 is 1.12 bits per heavy atom. The summed E-state index contributed by atoms with van der Waals surface area (Å²) in [5.41, 5.74) is 2.84. The Bertz CT molecular complexity index is 312. The highest BCUT2D eigenvalue weighted by molar-refractivity contribution is 6.20. The van der Waals surface area contributed by atoms with Crippen LogP contribution in [-0.4, -0.2) is 23.4 Å². The molecule has 0 aliphatic carbocycles. The van der Waals surface area contributed by atoms with Gasteiger partial charge in [0.1, 0.15) is 0 Å². The normalized spacial score (nSPS) is 18.9. The number of alkyl halides is 1. The number of aryl methyl sites for hydroxylation is 1. The van der Waals surface area contributed by atoms with Gasteiger partial charge in [-0.05, 0) is 43.5 Å². The third-order valence-electron chi connectivity index (χ3n) is 3.35. The number of piperidine rings is 1. The molecule has 2 rings (SSSR count). The summed E-state index contributed by atoms with van der Waals surface area (Å²) in [6, 6.07) is 8.99. The van der Waals surface area contributed by atoms with Gasteiger partial charge < -0.3 is 0 Å². The Kier molecular flexibility index (Phi) is 4.25. The van der Waals surface area contributed by atoms with Crippen LogP contribution in [0.25, 0.3) is 0 Å². The average Bonchev–Trinajstić information content (AvgIpc) is 2.33. The Morgan fingerprint density at radius 3 is 2.25 bits per heavy atom. The van der Waals surface area contributed by atoms with E-state index in [0.29, 0.717) is 5.38 Å². The SMILES string of the molecule is CCc1ccc(CN2CCC(Cl)CC2)cc1. The van der Waals surface area contributed by atoms with E-state index in [2.05, 4.69) is 36.1 Å². The molecular weight excluding hydrogens is 218 g/mol. The predicted octanol–water partition coefficient (Wildman–Crippen LogP) is 3.45. The van der Waals surface area contributed by atoms with Gasteiger partial charge in [0.25, 0.3) is 0 Å². The van der Waals surface area contributed by atoms with Crippen molar-refractivity contribution in [3.05, 3.63) is 35.4 Å². The van der Waals surface area contributed by atoms with Crippen molar-refractivity contribution in [2.45, 2.75) is 38.1 Å². The quantitative estimate of drug-likeness (QED) is 0.728. The molecule has 0 aromatic heterocycles. The number of benzene rings is 1. The van der Waals surface area contributed by atoms with Gasteiger partial charge in [0.2, 0.25) is 0 Å². The summed E-state index contributed by atoms with van der Waals surface area (Å²) in [5.74, 6) is 0. The topological polar surface area (TPSA) is 3.24 Å². The molecule has 1 aliphatic heterocycles. The third kappa shape index (κ3) is 3.23. The second-order valence-corrected chi connectivity index (χ2v) is 5.24. The van der Waals surface area contributed by atoms with Crippen LogP contribution in [0, 0.1) is 0 Å². The molecule has 1 aromatic carbocycles.